The molecular formula is C21H25F2NO2. The molecule has 1 aliphatic heterocycles. The molecule has 0 radical (unpaired) electrons. The fourth-order valence-electron chi connectivity index (χ4n) is 3.13. The average Bonchev–Trinajstić information content (AvgIpc) is 3.03. The highest BCUT2D eigenvalue weighted by molar-refractivity contribution is 5.99. The molecule has 0 amide bonds. The minimum atomic E-state index is -0.596. The summed E-state index contributed by atoms with van der Waals surface area (Å²) in [6.07, 6.45) is 1.92. The van der Waals surface area contributed by atoms with Crippen molar-refractivity contribution in [1.82, 2.24) is 0 Å². The summed E-state index contributed by atoms with van der Waals surface area (Å²) in [5.74, 6) is -0.310. The second-order valence-electron chi connectivity index (χ2n) is 7.57. The second kappa shape index (κ2) is 7.22. The summed E-state index contributed by atoms with van der Waals surface area (Å²) in [5, 5.41) is 0. The van der Waals surface area contributed by atoms with E-state index in [0.717, 1.165) is 16.9 Å². The molecule has 1 atom stereocenters. The molecule has 0 fully saturated rings. The smallest absolute Gasteiger partial charge is 0.222 e. The Labute approximate surface area is 153 Å². The van der Waals surface area contributed by atoms with E-state index in [4.69, 9.17) is 9.47 Å². The van der Waals surface area contributed by atoms with Gasteiger partial charge in [0.25, 0.3) is 0 Å². The van der Waals surface area contributed by atoms with Crippen molar-refractivity contribution in [3.05, 3.63) is 52.6 Å². The summed E-state index contributed by atoms with van der Waals surface area (Å²) in [5.41, 5.74) is 1.89. The summed E-state index contributed by atoms with van der Waals surface area (Å²) in [4.78, 5) is 4.45. The van der Waals surface area contributed by atoms with Gasteiger partial charge >= 0.3 is 0 Å². The number of aliphatic imine (C=N–C) groups is 1. The zero-order chi connectivity index (χ0) is 18.9. The number of hydrogen-bond donors (Lipinski definition) is 0. The SMILES string of the molecule is CCOc1cc(C(C)(C)C)ccc1C1COC(C2=C(F)CCC=C2F)=N1. The molecule has 1 aromatic rings. The highest BCUT2D eigenvalue weighted by Gasteiger charge is 2.31. The standard InChI is InChI=1S/C21H25F2NO2/c1-5-25-18-11-13(21(2,3)4)9-10-14(18)17-12-26-20(24-17)19-15(22)7-6-8-16(19)23/h7,9-11,17H,5-6,8,12H2,1-4H3. The molecule has 0 bridgehead atoms. The first-order valence-corrected chi connectivity index (χ1v) is 9.04. The number of ether oxygens (including phenoxy) is 2. The molecular weight excluding hydrogens is 336 g/mol. The van der Waals surface area contributed by atoms with E-state index >= 15 is 0 Å². The summed E-state index contributed by atoms with van der Waals surface area (Å²) >= 11 is 0. The maximum atomic E-state index is 14.1. The predicted molar refractivity (Wildman–Crippen MR) is 99.0 cm³/mol. The van der Waals surface area contributed by atoms with Crippen LogP contribution in [0.2, 0.25) is 0 Å². The van der Waals surface area contributed by atoms with E-state index in [0.29, 0.717) is 13.0 Å². The van der Waals surface area contributed by atoms with E-state index in [-0.39, 0.29) is 36.0 Å². The van der Waals surface area contributed by atoms with Crippen LogP contribution in [0.4, 0.5) is 8.78 Å². The van der Waals surface area contributed by atoms with E-state index in [2.05, 4.69) is 25.8 Å². The lowest BCUT2D eigenvalue weighted by atomic mass is 9.86. The monoisotopic (exact) mass is 361 g/mol. The summed E-state index contributed by atoms with van der Waals surface area (Å²) in [7, 11) is 0. The van der Waals surface area contributed by atoms with Crippen molar-refractivity contribution in [1.29, 1.82) is 0 Å². The molecule has 3 nitrogen and oxygen atoms in total. The van der Waals surface area contributed by atoms with Gasteiger partial charge in [0, 0.05) is 12.0 Å². The largest absolute Gasteiger partial charge is 0.494 e. The Morgan fingerprint density at radius 1 is 1.27 bits per heavy atom. The molecule has 0 aromatic heterocycles. The van der Waals surface area contributed by atoms with E-state index in [1.807, 2.05) is 25.1 Å². The zero-order valence-electron chi connectivity index (χ0n) is 15.7. The lowest BCUT2D eigenvalue weighted by Crippen LogP contribution is -2.12. The van der Waals surface area contributed by atoms with Gasteiger partial charge in [0.2, 0.25) is 5.90 Å². The first-order chi connectivity index (χ1) is 12.3. The third kappa shape index (κ3) is 3.67. The van der Waals surface area contributed by atoms with Gasteiger partial charge in [0.05, 0.1) is 6.61 Å². The summed E-state index contributed by atoms with van der Waals surface area (Å²) < 4.78 is 39.5. The first-order valence-electron chi connectivity index (χ1n) is 9.04. The molecule has 5 heteroatoms. The van der Waals surface area contributed by atoms with Crippen LogP contribution in [0.15, 0.2) is 46.5 Å². The third-order valence-electron chi connectivity index (χ3n) is 4.60. The Hall–Kier alpha value is -2.17. The van der Waals surface area contributed by atoms with Crippen LogP contribution in [0.1, 0.15) is 57.7 Å². The van der Waals surface area contributed by atoms with Crippen molar-refractivity contribution in [2.45, 2.75) is 52.0 Å². The topological polar surface area (TPSA) is 30.8 Å². The summed E-state index contributed by atoms with van der Waals surface area (Å²) in [6, 6.07) is 5.71. The molecule has 1 heterocycles. The highest BCUT2D eigenvalue weighted by atomic mass is 19.1. The van der Waals surface area contributed by atoms with Crippen molar-refractivity contribution in [3.8, 4) is 5.75 Å². The number of rotatable bonds is 4. The first kappa shape index (κ1) is 18.6. The van der Waals surface area contributed by atoms with Crippen LogP contribution in [0.5, 0.6) is 5.75 Å². The molecule has 1 unspecified atom stereocenters. The molecule has 1 aromatic carbocycles. The quantitative estimate of drug-likeness (QED) is 0.686. The van der Waals surface area contributed by atoms with Crippen molar-refractivity contribution >= 4 is 5.90 Å². The molecule has 140 valence electrons. The summed E-state index contributed by atoms with van der Waals surface area (Å²) in [6.45, 7) is 9.12. The number of benzene rings is 1. The second-order valence-corrected chi connectivity index (χ2v) is 7.57. The zero-order valence-corrected chi connectivity index (χ0v) is 15.7. The van der Waals surface area contributed by atoms with Crippen LogP contribution >= 0.6 is 0 Å². The van der Waals surface area contributed by atoms with Crippen LogP contribution in [0.3, 0.4) is 0 Å². The van der Waals surface area contributed by atoms with Gasteiger partial charge in [-0.15, -0.1) is 0 Å². The van der Waals surface area contributed by atoms with Gasteiger partial charge in [-0.05, 0) is 36.5 Å². The molecule has 1 aliphatic carbocycles. The Balaban J connectivity index is 1.95. The van der Waals surface area contributed by atoms with E-state index in [1.54, 1.807) is 0 Å². The molecule has 26 heavy (non-hydrogen) atoms. The van der Waals surface area contributed by atoms with Crippen molar-refractivity contribution in [2.75, 3.05) is 13.2 Å². The molecule has 3 rings (SSSR count). The van der Waals surface area contributed by atoms with Crippen LogP contribution in [0.25, 0.3) is 0 Å². The fourth-order valence-corrected chi connectivity index (χ4v) is 3.13. The number of allylic oxidation sites excluding steroid dienone is 2. The normalized spacial score (nSPS) is 20.6. The lowest BCUT2D eigenvalue weighted by Gasteiger charge is -2.22. The van der Waals surface area contributed by atoms with E-state index in [9.17, 15) is 8.78 Å². The highest BCUT2D eigenvalue weighted by Crippen LogP contribution is 2.38. The Morgan fingerprint density at radius 3 is 2.69 bits per heavy atom. The maximum absolute atomic E-state index is 14.1. The molecule has 0 saturated heterocycles. The van der Waals surface area contributed by atoms with Crippen LogP contribution in [-0.4, -0.2) is 19.1 Å². The third-order valence-corrected chi connectivity index (χ3v) is 4.60. The number of hydrogen-bond acceptors (Lipinski definition) is 3. The van der Waals surface area contributed by atoms with Crippen molar-refractivity contribution < 1.29 is 18.3 Å². The Bertz CT molecular complexity index is 788. The van der Waals surface area contributed by atoms with Crippen LogP contribution in [-0.2, 0) is 10.2 Å². The van der Waals surface area contributed by atoms with Gasteiger partial charge in [0.15, 0.2) is 0 Å². The number of halogens is 2. The van der Waals surface area contributed by atoms with Crippen molar-refractivity contribution in [2.24, 2.45) is 4.99 Å². The van der Waals surface area contributed by atoms with Gasteiger partial charge in [-0.3, -0.25) is 0 Å². The van der Waals surface area contributed by atoms with Gasteiger partial charge in [-0.2, -0.15) is 0 Å². The molecule has 0 N–H and O–H groups in total. The van der Waals surface area contributed by atoms with Crippen LogP contribution in [0, 0.1) is 0 Å². The average molecular weight is 361 g/mol. The van der Waals surface area contributed by atoms with E-state index < -0.39 is 11.7 Å². The Kier molecular flexibility index (Phi) is 5.17. The number of nitrogens with zero attached hydrogens (tertiary/aromatic N) is 1. The fraction of sp³-hybridized carbons (Fsp3) is 0.476. The molecule has 2 aliphatic rings. The Morgan fingerprint density at radius 2 is 2.04 bits per heavy atom. The van der Waals surface area contributed by atoms with Crippen molar-refractivity contribution in [3.63, 3.8) is 0 Å². The molecule has 0 spiro atoms. The van der Waals surface area contributed by atoms with Gasteiger partial charge in [-0.25, -0.2) is 13.8 Å². The van der Waals surface area contributed by atoms with Gasteiger partial charge in [0.1, 0.15) is 35.6 Å². The minimum absolute atomic E-state index is 0.00501. The van der Waals surface area contributed by atoms with Crippen LogP contribution < -0.4 is 4.74 Å². The van der Waals surface area contributed by atoms with Gasteiger partial charge < -0.3 is 9.47 Å². The minimum Gasteiger partial charge on any atom is -0.494 e. The maximum Gasteiger partial charge on any atom is 0.222 e. The predicted octanol–water partition coefficient (Wildman–Crippen LogP) is 5.72. The van der Waals surface area contributed by atoms with E-state index in [1.165, 1.54) is 6.08 Å². The lowest BCUT2D eigenvalue weighted by molar-refractivity contribution is 0.304. The van der Waals surface area contributed by atoms with Gasteiger partial charge in [-0.1, -0.05) is 32.9 Å². The molecule has 0 saturated carbocycles.